The molecular formula is C9H19NO3. The third-order valence-corrected chi connectivity index (χ3v) is 1.85. The summed E-state index contributed by atoms with van der Waals surface area (Å²) in [5, 5.41) is 20.2. The quantitative estimate of drug-likeness (QED) is 0.548. The Balaban J connectivity index is 3.52. The van der Waals surface area contributed by atoms with Gasteiger partial charge in [0.1, 0.15) is 0 Å². The number of aliphatic hydroxyl groups excluding tert-OH is 1. The van der Waals surface area contributed by atoms with Crippen LogP contribution in [0.25, 0.3) is 0 Å². The molecule has 0 rings (SSSR count). The molecule has 0 fully saturated rings. The summed E-state index contributed by atoms with van der Waals surface area (Å²) < 4.78 is 0. The van der Waals surface area contributed by atoms with Crippen LogP contribution in [0.4, 0.5) is 0 Å². The highest BCUT2D eigenvalue weighted by Gasteiger charge is 2.09. The fraction of sp³-hybridized carbons (Fsp3) is 0.889. The zero-order valence-electron chi connectivity index (χ0n) is 8.29. The van der Waals surface area contributed by atoms with Gasteiger partial charge >= 0.3 is 5.97 Å². The van der Waals surface area contributed by atoms with Gasteiger partial charge in [-0.1, -0.05) is 0 Å². The van der Waals surface area contributed by atoms with Gasteiger partial charge in [0.2, 0.25) is 0 Å². The first kappa shape index (κ1) is 12.4. The maximum absolute atomic E-state index is 10.3. The van der Waals surface area contributed by atoms with Crippen molar-refractivity contribution in [3.63, 3.8) is 0 Å². The van der Waals surface area contributed by atoms with Crippen molar-refractivity contribution in [2.75, 3.05) is 6.61 Å². The highest BCUT2D eigenvalue weighted by Crippen LogP contribution is 1.99. The van der Waals surface area contributed by atoms with Gasteiger partial charge < -0.3 is 15.5 Å². The lowest BCUT2D eigenvalue weighted by Gasteiger charge is -2.18. The number of hydrogen-bond donors (Lipinski definition) is 3. The summed E-state index contributed by atoms with van der Waals surface area (Å²) in [5.74, 6) is -0.783. The van der Waals surface area contributed by atoms with Gasteiger partial charge in [-0.25, -0.2) is 0 Å². The van der Waals surface area contributed by atoms with Crippen molar-refractivity contribution >= 4 is 5.97 Å². The summed E-state index contributed by atoms with van der Waals surface area (Å²) >= 11 is 0. The predicted molar refractivity (Wildman–Crippen MR) is 50.6 cm³/mol. The van der Waals surface area contributed by atoms with Crippen LogP contribution in [-0.4, -0.2) is 34.9 Å². The fourth-order valence-corrected chi connectivity index (χ4v) is 1.29. The Bertz CT molecular complexity index is 150. The smallest absolute Gasteiger partial charge is 0.304 e. The van der Waals surface area contributed by atoms with E-state index in [0.29, 0.717) is 0 Å². The molecule has 78 valence electrons. The van der Waals surface area contributed by atoms with Crippen molar-refractivity contribution in [3.05, 3.63) is 0 Å². The molecule has 3 N–H and O–H groups in total. The molecule has 4 nitrogen and oxygen atoms in total. The maximum Gasteiger partial charge on any atom is 0.304 e. The minimum Gasteiger partial charge on any atom is -0.481 e. The second-order valence-electron chi connectivity index (χ2n) is 3.43. The van der Waals surface area contributed by atoms with E-state index in [1.807, 2.05) is 13.8 Å². The molecule has 0 aliphatic carbocycles. The summed E-state index contributed by atoms with van der Waals surface area (Å²) in [6.45, 7) is 4.04. The number of nitrogens with one attached hydrogen (secondary N) is 1. The third-order valence-electron chi connectivity index (χ3n) is 1.85. The molecule has 0 aromatic rings. The lowest BCUT2D eigenvalue weighted by molar-refractivity contribution is -0.137. The van der Waals surface area contributed by atoms with Crippen molar-refractivity contribution in [2.24, 2.45) is 0 Å². The number of carboxylic acids is 1. The second-order valence-corrected chi connectivity index (χ2v) is 3.43. The topological polar surface area (TPSA) is 69.6 Å². The van der Waals surface area contributed by atoms with Gasteiger partial charge in [0, 0.05) is 18.7 Å². The monoisotopic (exact) mass is 189 g/mol. The Morgan fingerprint density at radius 1 is 1.38 bits per heavy atom. The van der Waals surface area contributed by atoms with Crippen molar-refractivity contribution in [3.8, 4) is 0 Å². The van der Waals surface area contributed by atoms with Gasteiger partial charge in [-0.3, -0.25) is 4.79 Å². The maximum atomic E-state index is 10.3. The summed E-state index contributed by atoms with van der Waals surface area (Å²) in [4.78, 5) is 10.3. The molecule has 0 spiro atoms. The summed E-state index contributed by atoms with van der Waals surface area (Å²) in [6.07, 6.45) is 1.78. The number of rotatable bonds is 7. The highest BCUT2D eigenvalue weighted by molar-refractivity contribution is 5.67. The largest absolute Gasteiger partial charge is 0.481 e. The number of carbonyl (C=O) groups is 1. The van der Waals surface area contributed by atoms with E-state index in [0.717, 1.165) is 12.8 Å². The van der Waals surface area contributed by atoms with Crippen molar-refractivity contribution in [2.45, 2.75) is 45.2 Å². The summed E-state index contributed by atoms with van der Waals surface area (Å²) in [7, 11) is 0. The van der Waals surface area contributed by atoms with Crippen LogP contribution in [0.15, 0.2) is 0 Å². The van der Waals surface area contributed by atoms with Gasteiger partial charge in [0.15, 0.2) is 0 Å². The van der Waals surface area contributed by atoms with Gasteiger partial charge in [0.25, 0.3) is 0 Å². The average molecular weight is 189 g/mol. The van der Waals surface area contributed by atoms with Crippen molar-refractivity contribution in [1.82, 2.24) is 5.32 Å². The van der Waals surface area contributed by atoms with Gasteiger partial charge in [0.05, 0.1) is 6.42 Å². The van der Waals surface area contributed by atoms with Crippen LogP contribution in [0.1, 0.15) is 33.1 Å². The first-order valence-corrected chi connectivity index (χ1v) is 4.65. The standard InChI is InChI=1S/C9H19NO3/c1-7(4-3-5-11)10-8(2)6-9(12)13/h7-8,10-11H,3-6H2,1-2H3,(H,12,13). The molecule has 0 bridgehead atoms. The first-order valence-electron chi connectivity index (χ1n) is 4.65. The van der Waals surface area contributed by atoms with Gasteiger partial charge in [-0.05, 0) is 26.7 Å². The van der Waals surface area contributed by atoms with E-state index in [1.54, 1.807) is 0 Å². The lowest BCUT2D eigenvalue weighted by Crippen LogP contribution is -2.36. The van der Waals surface area contributed by atoms with E-state index in [1.165, 1.54) is 0 Å². The van der Waals surface area contributed by atoms with Crippen LogP contribution in [-0.2, 0) is 4.79 Å². The second kappa shape index (κ2) is 6.86. The van der Waals surface area contributed by atoms with Crippen molar-refractivity contribution < 1.29 is 15.0 Å². The molecule has 0 amide bonds. The van der Waals surface area contributed by atoms with Crippen LogP contribution in [0.3, 0.4) is 0 Å². The first-order chi connectivity index (χ1) is 6.06. The molecule has 0 aromatic heterocycles. The van der Waals surface area contributed by atoms with Crippen molar-refractivity contribution in [1.29, 1.82) is 0 Å². The SMILES string of the molecule is CC(CCCO)NC(C)CC(=O)O. The summed E-state index contributed by atoms with van der Waals surface area (Å²) in [6, 6.07) is 0.257. The fourth-order valence-electron chi connectivity index (χ4n) is 1.29. The zero-order chi connectivity index (χ0) is 10.3. The molecule has 0 aliphatic heterocycles. The molecule has 0 saturated heterocycles. The van der Waals surface area contributed by atoms with Crippen LogP contribution in [0.5, 0.6) is 0 Å². The van der Waals surface area contributed by atoms with E-state index in [2.05, 4.69) is 5.32 Å². The number of hydrogen-bond acceptors (Lipinski definition) is 3. The van der Waals surface area contributed by atoms with E-state index in [4.69, 9.17) is 10.2 Å². The molecule has 13 heavy (non-hydrogen) atoms. The average Bonchev–Trinajstić information content (AvgIpc) is 1.98. The molecule has 2 atom stereocenters. The predicted octanol–water partition coefficient (Wildman–Crippen LogP) is 0.600. The molecule has 0 heterocycles. The third kappa shape index (κ3) is 7.74. The zero-order valence-corrected chi connectivity index (χ0v) is 8.29. The molecule has 4 heteroatoms. The van der Waals surface area contributed by atoms with Crippen LogP contribution >= 0.6 is 0 Å². The number of aliphatic carboxylic acids is 1. The van der Waals surface area contributed by atoms with E-state index in [-0.39, 0.29) is 25.1 Å². The van der Waals surface area contributed by atoms with Crippen LogP contribution in [0.2, 0.25) is 0 Å². The number of carboxylic acid groups (broad SMARTS) is 1. The molecule has 0 aromatic carbocycles. The number of aliphatic hydroxyl groups is 1. The van der Waals surface area contributed by atoms with Gasteiger partial charge in [-0.15, -0.1) is 0 Å². The van der Waals surface area contributed by atoms with E-state index < -0.39 is 5.97 Å². The summed E-state index contributed by atoms with van der Waals surface area (Å²) in [5.41, 5.74) is 0. The molecule has 0 aliphatic rings. The normalized spacial score (nSPS) is 15.3. The Kier molecular flexibility index (Phi) is 6.54. The Morgan fingerprint density at radius 2 is 2.00 bits per heavy atom. The van der Waals surface area contributed by atoms with E-state index in [9.17, 15) is 4.79 Å². The van der Waals surface area contributed by atoms with Crippen LogP contribution in [0, 0.1) is 0 Å². The van der Waals surface area contributed by atoms with E-state index >= 15 is 0 Å². The Hall–Kier alpha value is -0.610. The Labute approximate surface area is 79.0 Å². The highest BCUT2D eigenvalue weighted by atomic mass is 16.4. The van der Waals surface area contributed by atoms with Crippen LogP contribution < -0.4 is 5.32 Å². The molecular weight excluding hydrogens is 170 g/mol. The Morgan fingerprint density at radius 3 is 2.46 bits per heavy atom. The molecule has 2 unspecified atom stereocenters. The minimum absolute atomic E-state index is 0.00815. The van der Waals surface area contributed by atoms with Gasteiger partial charge in [-0.2, -0.15) is 0 Å². The minimum atomic E-state index is -0.783. The lowest BCUT2D eigenvalue weighted by atomic mass is 10.1. The molecule has 0 radical (unpaired) electrons. The molecule has 0 saturated carbocycles.